The number of methoxy groups -OCH3 is 2. The van der Waals surface area contributed by atoms with E-state index in [0.717, 1.165) is 10.8 Å². The lowest BCUT2D eigenvalue weighted by Crippen LogP contribution is -2.18. The SMILES string of the molecule is CCOc1cc(/C=N\NC(=O)c2cc3ccccc3cc2OC)c(Br)cc1OCC(=O)OC. The predicted molar refractivity (Wildman–Crippen MR) is 128 cm³/mol. The minimum absolute atomic E-state index is 0.250. The molecule has 3 rings (SSSR count). The summed E-state index contributed by atoms with van der Waals surface area (Å²) in [4.78, 5) is 24.1. The van der Waals surface area contributed by atoms with Crippen LogP contribution < -0.4 is 19.6 Å². The van der Waals surface area contributed by atoms with Crippen LogP contribution in [0, 0.1) is 0 Å². The van der Waals surface area contributed by atoms with Crippen molar-refractivity contribution in [3.63, 3.8) is 0 Å². The Kier molecular flexibility index (Phi) is 8.26. The predicted octanol–water partition coefficient (Wildman–Crippen LogP) is 4.33. The zero-order valence-corrected chi connectivity index (χ0v) is 20.0. The molecule has 172 valence electrons. The molecule has 33 heavy (non-hydrogen) atoms. The Morgan fingerprint density at radius 3 is 2.36 bits per heavy atom. The summed E-state index contributed by atoms with van der Waals surface area (Å²) in [6, 6.07) is 14.6. The van der Waals surface area contributed by atoms with E-state index in [-0.39, 0.29) is 6.61 Å². The number of benzene rings is 3. The molecule has 0 fully saturated rings. The summed E-state index contributed by atoms with van der Waals surface area (Å²) in [5.41, 5.74) is 3.53. The molecule has 0 aliphatic rings. The molecular formula is C24H23BrN2O6. The van der Waals surface area contributed by atoms with Crippen molar-refractivity contribution in [2.45, 2.75) is 6.92 Å². The van der Waals surface area contributed by atoms with Crippen LogP contribution in [0.25, 0.3) is 10.8 Å². The lowest BCUT2D eigenvalue weighted by Gasteiger charge is -2.13. The highest BCUT2D eigenvalue weighted by atomic mass is 79.9. The van der Waals surface area contributed by atoms with Gasteiger partial charge < -0.3 is 18.9 Å². The minimum atomic E-state index is -0.508. The van der Waals surface area contributed by atoms with E-state index in [4.69, 9.17) is 14.2 Å². The number of nitrogens with zero attached hydrogens (tertiary/aromatic N) is 1. The number of halogens is 1. The molecule has 0 unspecified atom stereocenters. The van der Waals surface area contributed by atoms with Crippen LogP contribution >= 0.6 is 15.9 Å². The second-order valence-corrected chi connectivity index (χ2v) is 7.57. The Balaban J connectivity index is 1.79. The fourth-order valence-electron chi connectivity index (χ4n) is 3.01. The van der Waals surface area contributed by atoms with Crippen LogP contribution in [0.2, 0.25) is 0 Å². The van der Waals surface area contributed by atoms with Gasteiger partial charge in [0.15, 0.2) is 18.1 Å². The molecule has 3 aromatic rings. The Hall–Kier alpha value is -3.59. The standard InChI is InChI=1S/C24H23BrN2O6/c1-4-32-21-11-17(19(25)12-22(21)33-14-23(28)31-3)13-26-27-24(29)18-9-15-7-5-6-8-16(15)10-20(18)30-2/h5-13H,4,14H2,1-3H3,(H,27,29)/b26-13-. The fraction of sp³-hybridized carbons (Fsp3) is 0.208. The number of amides is 1. The van der Waals surface area contributed by atoms with Crippen molar-refractivity contribution in [2.24, 2.45) is 5.10 Å². The van der Waals surface area contributed by atoms with E-state index in [2.05, 4.69) is 31.2 Å². The van der Waals surface area contributed by atoms with Crippen molar-refractivity contribution in [1.82, 2.24) is 5.43 Å². The maximum atomic E-state index is 12.7. The van der Waals surface area contributed by atoms with E-state index in [1.165, 1.54) is 20.4 Å². The highest BCUT2D eigenvalue weighted by Gasteiger charge is 2.14. The molecule has 0 radical (unpaired) electrons. The molecule has 8 nitrogen and oxygen atoms in total. The molecule has 0 aliphatic heterocycles. The van der Waals surface area contributed by atoms with E-state index < -0.39 is 11.9 Å². The summed E-state index contributed by atoms with van der Waals surface area (Å²) in [5, 5.41) is 5.96. The molecule has 0 saturated carbocycles. The zero-order valence-electron chi connectivity index (χ0n) is 18.4. The van der Waals surface area contributed by atoms with Crippen LogP contribution in [-0.4, -0.2) is 45.5 Å². The van der Waals surface area contributed by atoms with Gasteiger partial charge in [-0.3, -0.25) is 4.79 Å². The van der Waals surface area contributed by atoms with Crippen molar-refractivity contribution in [3.8, 4) is 17.2 Å². The number of carbonyl (C=O) groups is 2. The van der Waals surface area contributed by atoms with Gasteiger partial charge in [0, 0.05) is 10.0 Å². The van der Waals surface area contributed by atoms with Crippen molar-refractivity contribution < 1.29 is 28.5 Å². The lowest BCUT2D eigenvalue weighted by molar-refractivity contribution is -0.142. The average molecular weight is 515 g/mol. The number of hydrazone groups is 1. The Morgan fingerprint density at radius 2 is 1.70 bits per heavy atom. The van der Waals surface area contributed by atoms with Gasteiger partial charge in [-0.2, -0.15) is 5.10 Å². The number of hydrogen-bond acceptors (Lipinski definition) is 7. The molecule has 3 aromatic carbocycles. The number of rotatable bonds is 9. The molecule has 0 aromatic heterocycles. The summed E-state index contributed by atoms with van der Waals surface area (Å²) in [7, 11) is 2.80. The smallest absolute Gasteiger partial charge is 0.343 e. The lowest BCUT2D eigenvalue weighted by atomic mass is 10.1. The van der Waals surface area contributed by atoms with Gasteiger partial charge in [0.1, 0.15) is 5.75 Å². The summed E-state index contributed by atoms with van der Waals surface area (Å²) in [6.45, 7) is 1.97. The molecule has 0 heterocycles. The minimum Gasteiger partial charge on any atom is -0.496 e. The number of carbonyl (C=O) groups excluding carboxylic acids is 2. The summed E-state index contributed by atoms with van der Waals surface area (Å²) in [6.07, 6.45) is 1.47. The maximum Gasteiger partial charge on any atom is 0.343 e. The molecule has 9 heteroatoms. The Morgan fingerprint density at radius 1 is 1.00 bits per heavy atom. The molecule has 0 saturated heterocycles. The van der Waals surface area contributed by atoms with Gasteiger partial charge in [0.2, 0.25) is 0 Å². The number of hydrogen-bond donors (Lipinski definition) is 1. The summed E-state index contributed by atoms with van der Waals surface area (Å²) in [5.74, 6) is 0.331. The fourth-order valence-corrected chi connectivity index (χ4v) is 3.44. The largest absolute Gasteiger partial charge is 0.496 e. The zero-order chi connectivity index (χ0) is 23.8. The second kappa shape index (κ2) is 11.3. The highest BCUT2D eigenvalue weighted by molar-refractivity contribution is 9.10. The van der Waals surface area contributed by atoms with Gasteiger partial charge in [-0.25, -0.2) is 10.2 Å². The normalized spacial score (nSPS) is 10.8. The Bertz CT molecular complexity index is 1200. The van der Waals surface area contributed by atoms with Gasteiger partial charge in [0.25, 0.3) is 5.91 Å². The first-order chi connectivity index (χ1) is 16.0. The number of nitrogens with one attached hydrogen (secondary N) is 1. The molecule has 1 N–H and O–H groups in total. The van der Waals surface area contributed by atoms with E-state index in [1.54, 1.807) is 18.2 Å². The first-order valence-electron chi connectivity index (χ1n) is 10.0. The van der Waals surface area contributed by atoms with Crippen molar-refractivity contribution in [2.75, 3.05) is 27.4 Å². The van der Waals surface area contributed by atoms with Gasteiger partial charge in [-0.15, -0.1) is 0 Å². The Labute approximate surface area is 199 Å². The first kappa shape index (κ1) is 24.1. The average Bonchev–Trinajstić information content (AvgIpc) is 2.83. The molecule has 0 spiro atoms. The van der Waals surface area contributed by atoms with Crippen LogP contribution in [0.3, 0.4) is 0 Å². The molecular weight excluding hydrogens is 492 g/mol. The van der Waals surface area contributed by atoms with E-state index in [0.29, 0.717) is 39.5 Å². The highest BCUT2D eigenvalue weighted by Crippen LogP contribution is 2.33. The topological polar surface area (TPSA) is 95.5 Å². The number of fused-ring (bicyclic) bond motifs is 1. The van der Waals surface area contributed by atoms with Crippen LogP contribution in [0.15, 0.2) is 58.1 Å². The molecule has 0 aliphatic carbocycles. The maximum absolute atomic E-state index is 12.7. The third kappa shape index (κ3) is 6.01. The number of ether oxygens (including phenoxy) is 4. The van der Waals surface area contributed by atoms with Gasteiger partial charge in [-0.05, 0) is 57.9 Å². The van der Waals surface area contributed by atoms with Crippen LogP contribution in [-0.2, 0) is 9.53 Å². The van der Waals surface area contributed by atoms with E-state index in [9.17, 15) is 9.59 Å². The van der Waals surface area contributed by atoms with Crippen molar-refractivity contribution >= 4 is 44.8 Å². The second-order valence-electron chi connectivity index (χ2n) is 6.72. The summed E-state index contributed by atoms with van der Waals surface area (Å²) >= 11 is 3.44. The monoisotopic (exact) mass is 514 g/mol. The van der Waals surface area contributed by atoms with Gasteiger partial charge >= 0.3 is 5.97 Å². The van der Waals surface area contributed by atoms with Crippen molar-refractivity contribution in [1.29, 1.82) is 0 Å². The number of esters is 1. The first-order valence-corrected chi connectivity index (χ1v) is 10.8. The van der Waals surface area contributed by atoms with E-state index in [1.807, 2.05) is 37.3 Å². The van der Waals surface area contributed by atoms with Gasteiger partial charge in [0.05, 0.1) is 32.6 Å². The quantitative estimate of drug-likeness (QED) is 0.259. The van der Waals surface area contributed by atoms with Crippen LogP contribution in [0.1, 0.15) is 22.8 Å². The van der Waals surface area contributed by atoms with Gasteiger partial charge in [-0.1, -0.05) is 24.3 Å². The van der Waals surface area contributed by atoms with Crippen LogP contribution in [0.4, 0.5) is 0 Å². The molecule has 0 bridgehead atoms. The molecule has 1 amide bonds. The third-order valence-corrected chi connectivity index (χ3v) is 5.31. The van der Waals surface area contributed by atoms with Crippen molar-refractivity contribution in [3.05, 3.63) is 64.1 Å². The van der Waals surface area contributed by atoms with E-state index >= 15 is 0 Å². The third-order valence-electron chi connectivity index (χ3n) is 4.62. The molecule has 0 atom stereocenters. The van der Waals surface area contributed by atoms with Crippen LogP contribution in [0.5, 0.6) is 17.2 Å². The summed E-state index contributed by atoms with van der Waals surface area (Å²) < 4.78 is 21.7.